The molecule has 0 atom stereocenters. The molecule has 0 saturated carbocycles. The number of hydrogen-bond acceptors (Lipinski definition) is 7. The number of amides is 1. The smallest absolute Gasteiger partial charge is 0.447 e. The van der Waals surface area contributed by atoms with Crippen molar-refractivity contribution in [3.63, 3.8) is 0 Å². The first kappa shape index (κ1) is 32.1. The molecule has 10 nitrogen and oxygen atoms in total. The minimum atomic E-state index is -0.947. The van der Waals surface area contributed by atoms with Crippen molar-refractivity contribution < 1.29 is 23.6 Å². The van der Waals surface area contributed by atoms with Crippen LogP contribution in [0.1, 0.15) is 110 Å². The van der Waals surface area contributed by atoms with E-state index in [0.29, 0.717) is 18.0 Å². The molecule has 4 aromatic rings. The van der Waals surface area contributed by atoms with Crippen LogP contribution in [0.4, 0.5) is 5.69 Å². The molecule has 44 heavy (non-hydrogen) atoms. The van der Waals surface area contributed by atoms with Gasteiger partial charge in [-0.3, -0.25) is 4.79 Å². The number of hydrogen-bond donors (Lipinski definition) is 2. The monoisotopic (exact) mass is 600 g/mol. The number of ether oxygens (including phenoxy) is 2. The second kappa shape index (κ2) is 16.8. The standard InChI is InChI=1S/C34H40N4O6/c1-2-3-4-5-6-7-8-9-10-11-12-18-23-42-28-22-17-16-21-27(28)36-31(39)29-26(24-35)32(38-30(29)37-44-34(38)41)43-33(40)25-19-14-13-15-20-25/h13-17,19-22,37H,2-12,18,23H2,1H3,(H,36,39). The van der Waals surface area contributed by atoms with Gasteiger partial charge >= 0.3 is 11.7 Å². The first-order valence-corrected chi connectivity index (χ1v) is 15.5. The highest BCUT2D eigenvalue weighted by atomic mass is 16.6. The molecular weight excluding hydrogens is 560 g/mol. The largest absolute Gasteiger partial charge is 0.491 e. The van der Waals surface area contributed by atoms with Gasteiger partial charge in [-0.1, -0.05) is 108 Å². The van der Waals surface area contributed by atoms with Crippen LogP contribution < -0.4 is 20.5 Å². The van der Waals surface area contributed by atoms with Gasteiger partial charge in [0.2, 0.25) is 5.88 Å². The quantitative estimate of drug-likeness (QED) is 0.0883. The zero-order valence-electron chi connectivity index (χ0n) is 25.2. The molecule has 0 aliphatic heterocycles. The summed E-state index contributed by atoms with van der Waals surface area (Å²) in [7, 11) is 0. The maximum atomic E-state index is 13.5. The number of nitriles is 1. The summed E-state index contributed by atoms with van der Waals surface area (Å²) in [6.07, 6.45) is 15.0. The Hall–Kier alpha value is -4.78. The Labute approximate surface area is 256 Å². The maximum absolute atomic E-state index is 13.5. The predicted octanol–water partition coefficient (Wildman–Crippen LogP) is 7.64. The Morgan fingerprint density at radius 3 is 2.16 bits per heavy atom. The van der Waals surface area contributed by atoms with Gasteiger partial charge in [0.1, 0.15) is 22.9 Å². The van der Waals surface area contributed by atoms with Crippen molar-refractivity contribution in [3.8, 4) is 17.7 Å². The van der Waals surface area contributed by atoms with E-state index in [2.05, 4.69) is 17.4 Å². The lowest BCUT2D eigenvalue weighted by atomic mass is 10.1. The molecule has 0 aliphatic carbocycles. The van der Waals surface area contributed by atoms with E-state index in [1.807, 2.05) is 6.07 Å². The van der Waals surface area contributed by atoms with Gasteiger partial charge in [-0.15, -0.1) is 0 Å². The molecule has 2 aromatic heterocycles. The second-order valence-corrected chi connectivity index (χ2v) is 10.8. The third kappa shape index (κ3) is 8.40. The predicted molar refractivity (Wildman–Crippen MR) is 167 cm³/mol. The van der Waals surface area contributed by atoms with Gasteiger partial charge in [-0.25, -0.2) is 9.59 Å². The molecule has 2 aromatic carbocycles. The summed E-state index contributed by atoms with van der Waals surface area (Å²) < 4.78 is 17.1. The molecule has 0 fully saturated rings. The van der Waals surface area contributed by atoms with Crippen LogP contribution in [0.2, 0.25) is 0 Å². The summed E-state index contributed by atoms with van der Waals surface area (Å²) in [5.74, 6) is -2.38. The van der Waals surface area contributed by atoms with E-state index in [4.69, 9.17) is 14.0 Å². The number of H-pyrrole nitrogens is 1. The van der Waals surface area contributed by atoms with Crippen LogP contribution >= 0.6 is 0 Å². The SMILES string of the molecule is CCCCCCCCCCCCCCOc1ccccc1NC(=O)c1c(C#N)c(OC(=O)c2ccccc2)n2c(=O)o[nH]c12. The summed E-state index contributed by atoms with van der Waals surface area (Å²) in [6.45, 7) is 2.74. The number of aromatic amines is 1. The molecule has 0 spiro atoms. The molecule has 0 saturated heterocycles. The van der Waals surface area contributed by atoms with E-state index in [0.717, 1.165) is 17.2 Å². The van der Waals surface area contributed by atoms with Gasteiger partial charge in [-0.05, 0) is 30.7 Å². The van der Waals surface area contributed by atoms with Crippen molar-refractivity contribution in [1.29, 1.82) is 5.26 Å². The highest BCUT2D eigenvalue weighted by Gasteiger charge is 2.30. The molecule has 2 N–H and O–H groups in total. The van der Waals surface area contributed by atoms with Crippen molar-refractivity contribution in [2.45, 2.75) is 84.0 Å². The number of fused-ring (bicyclic) bond motifs is 1. The van der Waals surface area contributed by atoms with E-state index in [9.17, 15) is 19.6 Å². The Morgan fingerprint density at radius 1 is 0.886 bits per heavy atom. The van der Waals surface area contributed by atoms with Crippen molar-refractivity contribution in [2.75, 3.05) is 11.9 Å². The van der Waals surface area contributed by atoms with Crippen LogP contribution in [-0.2, 0) is 0 Å². The van der Waals surface area contributed by atoms with E-state index in [-0.39, 0.29) is 22.3 Å². The number of carbonyl (C=O) groups is 2. The van der Waals surface area contributed by atoms with Crippen molar-refractivity contribution >= 4 is 23.2 Å². The Bertz CT molecular complexity index is 1610. The molecule has 0 unspecified atom stereocenters. The van der Waals surface area contributed by atoms with Crippen LogP contribution in [0, 0.1) is 11.3 Å². The molecule has 1 amide bonds. The zero-order chi connectivity index (χ0) is 31.1. The maximum Gasteiger partial charge on any atom is 0.447 e. The molecule has 10 heteroatoms. The van der Waals surface area contributed by atoms with E-state index in [1.54, 1.807) is 42.5 Å². The summed E-state index contributed by atoms with van der Waals surface area (Å²) in [4.78, 5) is 38.7. The number of benzene rings is 2. The van der Waals surface area contributed by atoms with E-state index in [1.165, 1.54) is 76.3 Å². The third-order valence-corrected chi connectivity index (χ3v) is 7.47. The highest BCUT2D eigenvalue weighted by Crippen LogP contribution is 2.31. The van der Waals surface area contributed by atoms with Crippen molar-refractivity contribution in [1.82, 2.24) is 9.56 Å². The molecule has 0 radical (unpaired) electrons. The van der Waals surface area contributed by atoms with Crippen LogP contribution in [0.3, 0.4) is 0 Å². The number of anilines is 1. The van der Waals surface area contributed by atoms with Gasteiger partial charge in [0, 0.05) is 0 Å². The van der Waals surface area contributed by atoms with Gasteiger partial charge < -0.3 is 19.3 Å². The topological polar surface area (TPSA) is 139 Å². The third-order valence-electron chi connectivity index (χ3n) is 7.47. The fourth-order valence-corrected chi connectivity index (χ4v) is 5.11. The number of nitrogens with zero attached hydrogens (tertiary/aromatic N) is 2. The Balaban J connectivity index is 1.34. The van der Waals surface area contributed by atoms with Crippen molar-refractivity contribution in [2.24, 2.45) is 0 Å². The number of unbranched alkanes of at least 4 members (excludes halogenated alkanes) is 11. The number of rotatable bonds is 18. The van der Waals surface area contributed by atoms with Gasteiger partial charge in [0.25, 0.3) is 5.91 Å². The first-order valence-electron chi connectivity index (χ1n) is 15.5. The van der Waals surface area contributed by atoms with E-state index < -0.39 is 23.5 Å². The van der Waals surface area contributed by atoms with Gasteiger partial charge in [0.15, 0.2) is 5.65 Å². The Kier molecular flexibility index (Phi) is 12.2. The van der Waals surface area contributed by atoms with Crippen molar-refractivity contribution in [3.05, 3.63) is 81.8 Å². The average Bonchev–Trinajstić information content (AvgIpc) is 3.57. The van der Waals surface area contributed by atoms with Gasteiger partial charge in [0.05, 0.1) is 17.9 Å². The molecule has 0 bridgehead atoms. The summed E-state index contributed by atoms with van der Waals surface area (Å²) >= 11 is 0. The number of esters is 1. The van der Waals surface area contributed by atoms with Crippen LogP contribution in [-0.4, -0.2) is 28.0 Å². The second-order valence-electron chi connectivity index (χ2n) is 10.8. The summed E-state index contributed by atoms with van der Waals surface area (Å²) in [5.41, 5.74) is -0.00884. The highest BCUT2D eigenvalue weighted by molar-refractivity contribution is 6.11. The molecule has 4 rings (SSSR count). The lowest BCUT2D eigenvalue weighted by Gasteiger charge is -2.12. The summed E-state index contributed by atoms with van der Waals surface area (Å²) in [6, 6.07) is 17.0. The average molecular weight is 601 g/mol. The molecule has 2 heterocycles. The minimum Gasteiger partial charge on any atom is -0.491 e. The lowest BCUT2D eigenvalue weighted by Crippen LogP contribution is -2.15. The normalized spacial score (nSPS) is 10.9. The zero-order valence-corrected chi connectivity index (χ0v) is 25.2. The van der Waals surface area contributed by atoms with Gasteiger partial charge in [-0.2, -0.15) is 14.8 Å². The fourth-order valence-electron chi connectivity index (χ4n) is 5.11. The molecular formula is C34H40N4O6. The fraction of sp³-hybridized carbons (Fsp3) is 0.412. The number of nitrogens with one attached hydrogen (secondary N) is 2. The Morgan fingerprint density at radius 2 is 1.50 bits per heavy atom. The van der Waals surface area contributed by atoms with E-state index >= 15 is 0 Å². The van der Waals surface area contributed by atoms with Crippen LogP contribution in [0.5, 0.6) is 11.6 Å². The first-order chi connectivity index (χ1) is 21.5. The van der Waals surface area contributed by atoms with Crippen LogP contribution in [0.15, 0.2) is 63.9 Å². The number of aromatic nitrogens is 2. The lowest BCUT2D eigenvalue weighted by molar-refractivity contribution is 0.0724. The van der Waals surface area contributed by atoms with Crippen LogP contribution in [0.25, 0.3) is 5.65 Å². The number of para-hydroxylation sites is 2. The minimum absolute atomic E-state index is 0.116. The molecule has 0 aliphatic rings. The molecule has 232 valence electrons. The number of carbonyl (C=O) groups excluding carboxylic acids is 2. The summed E-state index contributed by atoms with van der Waals surface area (Å²) in [5, 5.41) is 15.1.